The number of benzene rings is 1. The summed E-state index contributed by atoms with van der Waals surface area (Å²) in [5.74, 6) is -0.768. The van der Waals surface area contributed by atoms with Gasteiger partial charge in [-0.05, 0) is 32.0 Å². The third-order valence-corrected chi connectivity index (χ3v) is 6.13. The van der Waals surface area contributed by atoms with Crippen molar-refractivity contribution >= 4 is 21.6 Å². The average molecular weight is 364 g/mol. The van der Waals surface area contributed by atoms with Crippen LogP contribution in [-0.2, 0) is 14.8 Å². The number of fused-ring (bicyclic) bond motifs is 2. The highest BCUT2D eigenvalue weighted by molar-refractivity contribution is 7.90. The summed E-state index contributed by atoms with van der Waals surface area (Å²) in [7, 11) is -1.97. The molecule has 7 nitrogen and oxygen atoms in total. The number of anilines is 1. The van der Waals surface area contributed by atoms with Gasteiger partial charge in [0.2, 0.25) is 0 Å². The third kappa shape index (κ3) is 3.86. The Hall–Kier alpha value is -1.90. The van der Waals surface area contributed by atoms with Gasteiger partial charge in [0.15, 0.2) is 0 Å². The van der Waals surface area contributed by atoms with Gasteiger partial charge in [-0.3, -0.25) is 4.79 Å². The van der Waals surface area contributed by atoms with Crippen LogP contribution >= 0.6 is 0 Å². The molecule has 4 N–H and O–H groups in total. The van der Waals surface area contributed by atoms with Crippen molar-refractivity contribution in [2.24, 2.45) is 11.7 Å². The highest BCUT2D eigenvalue weighted by Crippen LogP contribution is 2.42. The normalized spacial score (nSPS) is 30.0. The molecule has 1 aliphatic carbocycles. The zero-order valence-corrected chi connectivity index (χ0v) is 15.1. The number of nitrogens with one attached hydrogen (secondary N) is 2. The molecule has 1 aromatic rings. The van der Waals surface area contributed by atoms with E-state index < -0.39 is 21.5 Å². The van der Waals surface area contributed by atoms with Crippen LogP contribution in [0.15, 0.2) is 41.3 Å². The van der Waals surface area contributed by atoms with E-state index in [-0.39, 0.29) is 10.8 Å². The molecule has 136 valence electrons. The second-order valence-corrected chi connectivity index (χ2v) is 8.38. The van der Waals surface area contributed by atoms with Gasteiger partial charge in [-0.2, -0.15) is 0 Å². The lowest BCUT2D eigenvalue weighted by Crippen LogP contribution is -2.46. The van der Waals surface area contributed by atoms with Gasteiger partial charge in [0.25, 0.3) is 15.9 Å². The summed E-state index contributed by atoms with van der Waals surface area (Å²) in [4.78, 5) is 14.6. The fourth-order valence-electron chi connectivity index (χ4n) is 2.97. The molecule has 1 aliphatic heterocycles. The second-order valence-electron chi connectivity index (χ2n) is 6.73. The van der Waals surface area contributed by atoms with E-state index in [1.165, 1.54) is 6.07 Å². The summed E-state index contributed by atoms with van der Waals surface area (Å²) in [6, 6.07) is 6.56. The molecule has 1 fully saturated rings. The zero-order valence-electron chi connectivity index (χ0n) is 14.2. The van der Waals surface area contributed by atoms with E-state index in [1.54, 1.807) is 18.2 Å². The Kier molecular flexibility index (Phi) is 4.86. The maximum Gasteiger partial charge on any atom is 0.266 e. The highest BCUT2D eigenvalue weighted by atomic mass is 32.2. The first kappa shape index (κ1) is 17.9. The van der Waals surface area contributed by atoms with Crippen LogP contribution in [0.4, 0.5) is 5.69 Å². The second kappa shape index (κ2) is 6.78. The molecular formula is C17H24N4O3S. The Balaban J connectivity index is 1.90. The molecule has 0 spiro atoms. The molecule has 2 atom stereocenters. The van der Waals surface area contributed by atoms with Crippen LogP contribution in [0.1, 0.15) is 12.8 Å². The Labute approximate surface area is 148 Å². The summed E-state index contributed by atoms with van der Waals surface area (Å²) >= 11 is 0. The molecule has 3 rings (SSSR count). The maximum absolute atomic E-state index is 12.7. The summed E-state index contributed by atoms with van der Waals surface area (Å²) in [5, 5.41) is 3.14. The van der Waals surface area contributed by atoms with Gasteiger partial charge in [-0.1, -0.05) is 24.3 Å². The fourth-order valence-corrected chi connectivity index (χ4v) is 4.20. The van der Waals surface area contributed by atoms with E-state index in [9.17, 15) is 13.2 Å². The number of likely N-dealkylation sites (N-methyl/N-ethyl adjacent to an activating group) is 1. The first-order chi connectivity index (χ1) is 11.8. The van der Waals surface area contributed by atoms with Crippen LogP contribution in [0.25, 0.3) is 0 Å². The standard InChI is InChI=1S/C17H24N4O3S/c1-21-10-5-4-6-13-12-17(13,18)16(22)20-25(23,24)15-8-3-2-7-14(15)19-9-11-21/h2-4,6-8,13,19H,5,9-12,18H2,1H3,(H,20,22)/t13-,17-/m1/s1. The minimum atomic E-state index is -3.99. The largest absolute Gasteiger partial charge is 0.383 e. The monoisotopic (exact) mass is 364 g/mol. The molecule has 1 saturated carbocycles. The van der Waals surface area contributed by atoms with Crippen LogP contribution in [-0.4, -0.2) is 51.4 Å². The smallest absolute Gasteiger partial charge is 0.266 e. The van der Waals surface area contributed by atoms with Crippen molar-refractivity contribution in [1.82, 2.24) is 9.62 Å². The molecule has 0 bridgehead atoms. The van der Waals surface area contributed by atoms with Gasteiger partial charge in [0, 0.05) is 25.6 Å². The number of sulfonamides is 1. The minimum Gasteiger partial charge on any atom is -0.383 e. The number of amides is 1. The number of nitrogens with two attached hydrogens (primary N) is 1. The van der Waals surface area contributed by atoms with Crippen LogP contribution in [0.5, 0.6) is 0 Å². The molecule has 2 aliphatic rings. The molecule has 0 unspecified atom stereocenters. The predicted molar refractivity (Wildman–Crippen MR) is 96.5 cm³/mol. The fraction of sp³-hybridized carbons (Fsp3) is 0.471. The van der Waals surface area contributed by atoms with E-state index in [0.717, 1.165) is 19.5 Å². The van der Waals surface area contributed by atoms with E-state index in [2.05, 4.69) is 14.9 Å². The Bertz CT molecular complexity index is 793. The number of carbonyl (C=O) groups is 1. The number of hydrogen-bond acceptors (Lipinski definition) is 6. The molecule has 0 radical (unpaired) electrons. The lowest BCUT2D eigenvalue weighted by Gasteiger charge is -2.18. The Morgan fingerprint density at radius 1 is 1.28 bits per heavy atom. The number of nitrogens with zero attached hydrogens (tertiary/aromatic N) is 1. The Morgan fingerprint density at radius 2 is 2.04 bits per heavy atom. The van der Waals surface area contributed by atoms with E-state index in [0.29, 0.717) is 18.7 Å². The van der Waals surface area contributed by atoms with Gasteiger partial charge in [0.05, 0.1) is 5.69 Å². The first-order valence-corrected chi connectivity index (χ1v) is 9.85. The molecule has 0 saturated heterocycles. The first-order valence-electron chi connectivity index (χ1n) is 8.37. The Morgan fingerprint density at radius 3 is 2.84 bits per heavy atom. The van der Waals surface area contributed by atoms with E-state index in [1.807, 2.05) is 19.2 Å². The van der Waals surface area contributed by atoms with E-state index in [4.69, 9.17) is 5.73 Å². The summed E-state index contributed by atoms with van der Waals surface area (Å²) < 4.78 is 27.5. The third-order valence-electron chi connectivity index (χ3n) is 4.74. The molecule has 25 heavy (non-hydrogen) atoms. The van der Waals surface area contributed by atoms with Gasteiger partial charge in [-0.15, -0.1) is 0 Å². The average Bonchev–Trinajstić information content (AvgIpc) is 3.23. The minimum absolute atomic E-state index is 0.0530. The summed E-state index contributed by atoms with van der Waals surface area (Å²) in [6.07, 6.45) is 5.26. The number of rotatable bonds is 0. The highest BCUT2D eigenvalue weighted by Gasteiger charge is 2.56. The van der Waals surface area contributed by atoms with Crippen molar-refractivity contribution in [3.8, 4) is 0 Å². The number of hydrogen-bond donors (Lipinski definition) is 3. The van der Waals surface area contributed by atoms with Crippen molar-refractivity contribution in [1.29, 1.82) is 0 Å². The predicted octanol–water partition coefficient (Wildman–Crippen LogP) is 0.513. The van der Waals surface area contributed by atoms with Gasteiger partial charge >= 0.3 is 0 Å². The SMILES string of the molecule is CN1CCC=C[C@@H]2C[C@]2(N)C(=O)NS(=O)(=O)c2ccccc2NCC1. The molecule has 1 aromatic carbocycles. The van der Waals surface area contributed by atoms with Crippen LogP contribution < -0.4 is 15.8 Å². The zero-order chi connectivity index (χ0) is 18.1. The van der Waals surface area contributed by atoms with Crippen molar-refractivity contribution in [2.75, 3.05) is 32.0 Å². The van der Waals surface area contributed by atoms with E-state index >= 15 is 0 Å². The molecule has 8 heteroatoms. The molecule has 0 aromatic heterocycles. The van der Waals surface area contributed by atoms with Crippen molar-refractivity contribution < 1.29 is 13.2 Å². The van der Waals surface area contributed by atoms with Crippen LogP contribution in [0, 0.1) is 5.92 Å². The van der Waals surface area contributed by atoms with Gasteiger partial charge in [0.1, 0.15) is 10.4 Å². The lowest BCUT2D eigenvalue weighted by molar-refractivity contribution is -0.121. The quantitative estimate of drug-likeness (QED) is 0.580. The molecule has 1 heterocycles. The van der Waals surface area contributed by atoms with Crippen LogP contribution in [0.3, 0.4) is 0 Å². The van der Waals surface area contributed by atoms with Crippen molar-refractivity contribution in [3.05, 3.63) is 36.4 Å². The number of para-hydroxylation sites is 1. The molecular weight excluding hydrogens is 340 g/mol. The maximum atomic E-state index is 12.7. The summed E-state index contributed by atoms with van der Waals surface area (Å²) in [6.45, 7) is 2.26. The van der Waals surface area contributed by atoms with Gasteiger partial charge in [-0.25, -0.2) is 13.1 Å². The van der Waals surface area contributed by atoms with Crippen molar-refractivity contribution in [3.63, 3.8) is 0 Å². The molecule has 1 amide bonds. The van der Waals surface area contributed by atoms with Crippen LogP contribution in [0.2, 0.25) is 0 Å². The number of carbonyl (C=O) groups excluding carboxylic acids is 1. The summed E-state index contributed by atoms with van der Waals surface area (Å²) in [5.41, 5.74) is 5.42. The van der Waals surface area contributed by atoms with Gasteiger partial charge < -0.3 is 16.0 Å². The lowest BCUT2D eigenvalue weighted by atomic mass is 10.2. The van der Waals surface area contributed by atoms with Crippen molar-refractivity contribution in [2.45, 2.75) is 23.3 Å². The topological polar surface area (TPSA) is 105 Å².